The fourth-order valence-corrected chi connectivity index (χ4v) is 4.07. The summed E-state index contributed by atoms with van der Waals surface area (Å²) in [6.45, 7) is 0.656. The van der Waals surface area contributed by atoms with Crippen molar-refractivity contribution >= 4 is 36.2 Å². The molecule has 1 aromatic carbocycles. The molecule has 1 N–H and O–H groups in total. The first-order valence-electron chi connectivity index (χ1n) is 9.19. The molecule has 2 heterocycles. The Bertz CT molecular complexity index is 937. The quantitative estimate of drug-likeness (QED) is 0.793. The van der Waals surface area contributed by atoms with Crippen LogP contribution >= 0.6 is 0 Å². The third kappa shape index (κ3) is 3.36. The SMILES string of the molecule is [B]c1cc(C(F)(F)F)c2nc(C(=O)N3CCN(C4CCCC4)C(=O)C3)[nH]c2c1. The van der Waals surface area contributed by atoms with Gasteiger partial charge in [-0.3, -0.25) is 9.59 Å². The number of alkyl halides is 3. The average Bonchev–Trinajstić information content (AvgIpc) is 3.28. The first-order chi connectivity index (χ1) is 13.2. The van der Waals surface area contributed by atoms with Gasteiger partial charge in [0.05, 0.1) is 11.1 Å². The zero-order valence-electron chi connectivity index (χ0n) is 15.1. The molecule has 2 amide bonds. The molecule has 28 heavy (non-hydrogen) atoms. The van der Waals surface area contributed by atoms with Crippen molar-refractivity contribution in [2.45, 2.75) is 37.9 Å². The van der Waals surface area contributed by atoms with E-state index in [0.717, 1.165) is 31.7 Å². The number of nitrogens with zero attached hydrogens (tertiary/aromatic N) is 3. The molecule has 2 radical (unpaired) electrons. The minimum Gasteiger partial charge on any atom is -0.336 e. The number of benzene rings is 1. The van der Waals surface area contributed by atoms with Gasteiger partial charge in [-0.25, -0.2) is 4.98 Å². The van der Waals surface area contributed by atoms with E-state index >= 15 is 0 Å². The number of hydrogen-bond acceptors (Lipinski definition) is 3. The van der Waals surface area contributed by atoms with Crippen molar-refractivity contribution in [1.29, 1.82) is 0 Å². The Morgan fingerprint density at radius 2 is 1.93 bits per heavy atom. The number of fused-ring (bicyclic) bond motifs is 1. The number of piperazine rings is 1. The number of rotatable bonds is 2. The molecular formula is C18H18BF3N4O2. The van der Waals surface area contributed by atoms with Gasteiger partial charge in [-0.2, -0.15) is 13.2 Å². The van der Waals surface area contributed by atoms with Crippen LogP contribution in [0.3, 0.4) is 0 Å². The lowest BCUT2D eigenvalue weighted by atomic mass is 9.93. The molecule has 0 atom stereocenters. The Kier molecular flexibility index (Phi) is 4.59. The highest BCUT2D eigenvalue weighted by molar-refractivity contribution is 6.33. The van der Waals surface area contributed by atoms with Crippen LogP contribution in [0.4, 0.5) is 13.2 Å². The first kappa shape index (κ1) is 18.8. The molecule has 2 aliphatic rings. The van der Waals surface area contributed by atoms with Crippen LogP contribution in [0.5, 0.6) is 0 Å². The van der Waals surface area contributed by atoms with Gasteiger partial charge in [0.25, 0.3) is 5.91 Å². The van der Waals surface area contributed by atoms with Gasteiger partial charge >= 0.3 is 6.18 Å². The second-order valence-corrected chi connectivity index (χ2v) is 7.30. The smallest absolute Gasteiger partial charge is 0.336 e. The molecule has 6 nitrogen and oxygen atoms in total. The van der Waals surface area contributed by atoms with E-state index in [1.54, 1.807) is 0 Å². The predicted molar refractivity (Wildman–Crippen MR) is 96.4 cm³/mol. The number of carbonyl (C=O) groups is 2. The normalized spacial score (nSPS) is 19.0. The Morgan fingerprint density at radius 1 is 1.21 bits per heavy atom. The van der Waals surface area contributed by atoms with Crippen molar-refractivity contribution in [2.24, 2.45) is 0 Å². The molecule has 2 aromatic rings. The van der Waals surface area contributed by atoms with Crippen molar-refractivity contribution in [3.63, 3.8) is 0 Å². The predicted octanol–water partition coefficient (Wildman–Crippen LogP) is 1.60. The topological polar surface area (TPSA) is 69.3 Å². The molecule has 0 bridgehead atoms. The molecule has 0 unspecified atom stereocenters. The standard InChI is InChI=1S/C18H18BF3N4O2/c19-10-7-12(18(20,21)22)15-13(8-10)23-16(24-15)17(28)25-5-6-26(14(27)9-25)11-3-1-2-4-11/h7-8,11H,1-6,9H2,(H,23,24). The maximum absolute atomic E-state index is 13.3. The van der Waals surface area contributed by atoms with Crippen molar-refractivity contribution in [2.75, 3.05) is 19.6 Å². The van der Waals surface area contributed by atoms with Crippen molar-refractivity contribution in [3.8, 4) is 0 Å². The minimum absolute atomic E-state index is 0.0339. The summed E-state index contributed by atoms with van der Waals surface area (Å²) >= 11 is 0. The summed E-state index contributed by atoms with van der Waals surface area (Å²) in [7, 11) is 5.55. The summed E-state index contributed by atoms with van der Waals surface area (Å²) in [5.41, 5.74) is -1.41. The van der Waals surface area contributed by atoms with Crippen LogP contribution in [-0.2, 0) is 11.0 Å². The number of H-pyrrole nitrogens is 1. The summed E-state index contributed by atoms with van der Waals surface area (Å²) in [5.74, 6) is -0.960. The second kappa shape index (κ2) is 6.82. The van der Waals surface area contributed by atoms with Gasteiger partial charge < -0.3 is 14.8 Å². The van der Waals surface area contributed by atoms with E-state index in [4.69, 9.17) is 7.85 Å². The number of imidazole rings is 1. The highest BCUT2D eigenvalue weighted by atomic mass is 19.4. The van der Waals surface area contributed by atoms with Gasteiger partial charge in [-0.1, -0.05) is 24.4 Å². The van der Waals surface area contributed by atoms with Crippen LogP contribution in [0.1, 0.15) is 41.9 Å². The lowest BCUT2D eigenvalue weighted by Gasteiger charge is -2.37. The van der Waals surface area contributed by atoms with Crippen LogP contribution in [0.25, 0.3) is 11.0 Å². The summed E-state index contributed by atoms with van der Waals surface area (Å²) in [6, 6.07) is 2.33. The number of aromatic amines is 1. The van der Waals surface area contributed by atoms with Crippen molar-refractivity contribution in [3.05, 3.63) is 23.5 Å². The summed E-state index contributed by atoms with van der Waals surface area (Å²) in [4.78, 5) is 34.8. The number of hydrogen-bond donors (Lipinski definition) is 1. The zero-order chi connectivity index (χ0) is 20.1. The Balaban J connectivity index is 1.57. The third-order valence-electron chi connectivity index (χ3n) is 5.43. The van der Waals surface area contributed by atoms with Crippen LogP contribution in [0.15, 0.2) is 12.1 Å². The third-order valence-corrected chi connectivity index (χ3v) is 5.43. The number of amides is 2. The van der Waals surface area contributed by atoms with Gasteiger partial charge in [0.2, 0.25) is 5.91 Å². The molecule has 1 aliphatic heterocycles. The fourth-order valence-electron chi connectivity index (χ4n) is 4.07. The van der Waals surface area contributed by atoms with Gasteiger partial charge in [-0.15, -0.1) is 0 Å². The average molecular weight is 390 g/mol. The van der Waals surface area contributed by atoms with Crippen LogP contribution in [0.2, 0.25) is 0 Å². The van der Waals surface area contributed by atoms with Crippen molar-refractivity contribution in [1.82, 2.24) is 19.8 Å². The molecule has 146 valence electrons. The second-order valence-electron chi connectivity index (χ2n) is 7.30. The molecule has 10 heteroatoms. The van der Waals surface area contributed by atoms with E-state index in [1.807, 2.05) is 4.90 Å². The van der Waals surface area contributed by atoms with Crippen LogP contribution < -0.4 is 5.46 Å². The molecule has 0 spiro atoms. The van der Waals surface area contributed by atoms with E-state index in [2.05, 4.69) is 9.97 Å². The summed E-state index contributed by atoms with van der Waals surface area (Å²) in [6.07, 6.45) is -0.497. The maximum Gasteiger partial charge on any atom is 0.418 e. The number of carbonyl (C=O) groups excluding carboxylic acids is 2. The lowest BCUT2D eigenvalue weighted by Crippen LogP contribution is -2.55. The Hall–Kier alpha value is -2.52. The van der Waals surface area contributed by atoms with E-state index in [-0.39, 0.29) is 40.8 Å². The minimum atomic E-state index is -4.65. The maximum atomic E-state index is 13.3. The van der Waals surface area contributed by atoms with Gasteiger partial charge in [0.15, 0.2) is 5.82 Å². The summed E-state index contributed by atoms with van der Waals surface area (Å²) in [5, 5.41) is 0. The van der Waals surface area contributed by atoms with Crippen LogP contribution in [-0.4, -0.2) is 65.1 Å². The van der Waals surface area contributed by atoms with Gasteiger partial charge in [0, 0.05) is 19.1 Å². The van der Waals surface area contributed by atoms with Gasteiger partial charge in [0.1, 0.15) is 19.9 Å². The van der Waals surface area contributed by atoms with E-state index in [1.165, 1.54) is 11.0 Å². The lowest BCUT2D eigenvalue weighted by molar-refractivity contribution is -0.137. The number of aromatic nitrogens is 2. The van der Waals surface area contributed by atoms with Crippen LogP contribution in [0, 0.1) is 0 Å². The highest BCUT2D eigenvalue weighted by Crippen LogP contribution is 2.33. The largest absolute Gasteiger partial charge is 0.418 e. The molecule has 1 aromatic heterocycles. The highest BCUT2D eigenvalue weighted by Gasteiger charge is 2.36. The molecule has 1 saturated carbocycles. The molecule has 2 fully saturated rings. The fraction of sp³-hybridized carbons (Fsp3) is 0.500. The van der Waals surface area contributed by atoms with E-state index < -0.39 is 17.6 Å². The molecule has 4 rings (SSSR count). The molecular weight excluding hydrogens is 372 g/mol. The Labute approximate surface area is 160 Å². The van der Waals surface area contributed by atoms with Crippen molar-refractivity contribution < 1.29 is 22.8 Å². The van der Waals surface area contributed by atoms with Gasteiger partial charge in [-0.05, 0) is 18.9 Å². The molecule has 1 aliphatic carbocycles. The molecule has 1 saturated heterocycles. The Morgan fingerprint density at radius 3 is 2.57 bits per heavy atom. The zero-order valence-corrected chi connectivity index (χ0v) is 15.1. The number of halogens is 3. The first-order valence-corrected chi connectivity index (χ1v) is 9.19. The monoisotopic (exact) mass is 390 g/mol. The number of nitrogens with one attached hydrogen (secondary N) is 1. The van der Waals surface area contributed by atoms with E-state index in [9.17, 15) is 22.8 Å². The van der Waals surface area contributed by atoms with E-state index in [0.29, 0.717) is 13.1 Å². The summed E-state index contributed by atoms with van der Waals surface area (Å²) < 4.78 is 39.8.